The number of nitrogens with one attached hydrogen (secondary N) is 3. The van der Waals surface area contributed by atoms with Crippen molar-refractivity contribution in [3.63, 3.8) is 0 Å². The van der Waals surface area contributed by atoms with Gasteiger partial charge in [-0.3, -0.25) is 0 Å². The van der Waals surface area contributed by atoms with E-state index in [1.807, 2.05) is 0 Å². The van der Waals surface area contributed by atoms with Crippen LogP contribution in [0.3, 0.4) is 0 Å². The molecule has 7 nitrogen and oxygen atoms in total. The molecule has 0 amide bonds. The minimum atomic E-state index is -4.68. The van der Waals surface area contributed by atoms with E-state index in [2.05, 4.69) is 14.8 Å². The van der Waals surface area contributed by atoms with Gasteiger partial charge in [-0.05, 0) is 82.0 Å². The maximum absolute atomic E-state index is 13.0. The highest BCUT2D eigenvalue weighted by Crippen LogP contribution is 2.32. The Kier molecular flexibility index (Phi) is 9.42. The number of hydrogen-bond donors (Lipinski definition) is 3. The Balaban J connectivity index is 1.53. The molecule has 0 radical (unpaired) electrons. The van der Waals surface area contributed by atoms with Crippen LogP contribution in [0.15, 0.2) is 58.3 Å². The maximum Gasteiger partial charge on any atom is 0.416 e. The molecule has 2 aromatic carbocycles. The summed E-state index contributed by atoms with van der Waals surface area (Å²) in [5.41, 5.74) is -2.14. The van der Waals surface area contributed by atoms with Crippen molar-refractivity contribution in [3.8, 4) is 0 Å². The van der Waals surface area contributed by atoms with E-state index >= 15 is 0 Å². The van der Waals surface area contributed by atoms with E-state index < -0.39 is 65.4 Å². The van der Waals surface area contributed by atoms with Gasteiger partial charge in [0.05, 0.1) is 20.9 Å². The van der Waals surface area contributed by atoms with Crippen LogP contribution < -0.4 is 14.8 Å². The molecule has 1 aliphatic rings. The minimum absolute atomic E-state index is 0.00137. The lowest BCUT2D eigenvalue weighted by Crippen LogP contribution is -2.37. The summed E-state index contributed by atoms with van der Waals surface area (Å²) in [7, 11) is -8.39. The van der Waals surface area contributed by atoms with E-state index in [1.54, 1.807) is 13.8 Å². The summed E-state index contributed by atoms with van der Waals surface area (Å²) < 4.78 is 133. The van der Waals surface area contributed by atoms with Crippen molar-refractivity contribution in [2.75, 3.05) is 6.54 Å². The Morgan fingerprint density at radius 2 is 1.23 bits per heavy atom. The maximum atomic E-state index is 13.0. The van der Waals surface area contributed by atoms with Crippen molar-refractivity contribution in [2.45, 2.75) is 73.4 Å². The van der Waals surface area contributed by atoms with Gasteiger partial charge in [-0.1, -0.05) is 12.1 Å². The summed E-state index contributed by atoms with van der Waals surface area (Å²) in [6.07, 6.45) is -8.07. The van der Waals surface area contributed by atoms with E-state index in [1.165, 1.54) is 0 Å². The van der Waals surface area contributed by atoms with Gasteiger partial charge in [-0.25, -0.2) is 26.3 Å². The van der Waals surface area contributed by atoms with Gasteiger partial charge in [-0.2, -0.15) is 26.3 Å². The molecular weight excluding hydrogens is 572 g/mol. The van der Waals surface area contributed by atoms with Crippen LogP contribution >= 0.6 is 0 Å². The van der Waals surface area contributed by atoms with Crippen LogP contribution in [0.1, 0.15) is 44.2 Å². The van der Waals surface area contributed by atoms with Gasteiger partial charge in [-0.15, -0.1) is 0 Å². The van der Waals surface area contributed by atoms with Gasteiger partial charge < -0.3 is 5.32 Å². The number of benzene rings is 2. The van der Waals surface area contributed by atoms with Crippen molar-refractivity contribution >= 4 is 20.0 Å². The fourth-order valence-corrected chi connectivity index (χ4v) is 7.23. The lowest BCUT2D eigenvalue weighted by Gasteiger charge is -2.20. The molecule has 3 rings (SSSR count). The second-order valence-electron chi connectivity index (χ2n) is 9.77. The third-order valence-electron chi connectivity index (χ3n) is 6.29. The highest BCUT2D eigenvalue weighted by molar-refractivity contribution is 7.89. The van der Waals surface area contributed by atoms with E-state index in [0.29, 0.717) is 37.9 Å². The fourth-order valence-electron chi connectivity index (χ4n) is 4.63. The second-order valence-corrected chi connectivity index (χ2v) is 13.2. The molecule has 39 heavy (non-hydrogen) atoms. The molecule has 1 aliphatic heterocycles. The number of hydrogen-bond acceptors (Lipinski definition) is 5. The van der Waals surface area contributed by atoms with Crippen LogP contribution in [0.5, 0.6) is 0 Å². The van der Waals surface area contributed by atoms with Crippen molar-refractivity contribution in [3.05, 3.63) is 59.7 Å². The van der Waals surface area contributed by atoms with Crippen LogP contribution in [0.2, 0.25) is 0 Å². The smallest absolute Gasteiger partial charge is 0.314 e. The Bertz CT molecular complexity index is 1260. The predicted octanol–water partition coefficient (Wildman–Crippen LogP) is 4.52. The first-order valence-electron chi connectivity index (χ1n) is 12.0. The average molecular weight is 602 g/mol. The lowest BCUT2D eigenvalue weighted by atomic mass is 9.96. The third kappa shape index (κ3) is 8.64. The van der Waals surface area contributed by atoms with Gasteiger partial charge in [0.15, 0.2) is 0 Å². The summed E-state index contributed by atoms with van der Waals surface area (Å²) in [6, 6.07) is 5.58. The zero-order chi connectivity index (χ0) is 29.2. The quantitative estimate of drug-likeness (QED) is 0.348. The Labute approximate surface area is 223 Å². The molecule has 2 aromatic rings. The fraction of sp³-hybridized carbons (Fsp3) is 0.500. The van der Waals surface area contributed by atoms with Crippen molar-refractivity contribution < 1.29 is 43.2 Å². The minimum Gasteiger partial charge on any atom is -0.314 e. The SMILES string of the molecule is CC(CC1CNC(CC(C)NS(=O)(=O)c2cccc(C(F)(F)F)c2)C1)NS(=O)(=O)c1cccc(C(F)(F)F)c1. The molecule has 218 valence electrons. The van der Waals surface area contributed by atoms with Crippen LogP contribution in [0.4, 0.5) is 26.3 Å². The normalized spacial score (nSPS) is 20.6. The van der Waals surface area contributed by atoms with Crippen molar-refractivity contribution in [1.82, 2.24) is 14.8 Å². The average Bonchev–Trinajstić information content (AvgIpc) is 3.23. The van der Waals surface area contributed by atoms with Crippen LogP contribution in [-0.4, -0.2) is 41.5 Å². The number of sulfonamides is 2. The summed E-state index contributed by atoms with van der Waals surface area (Å²) >= 11 is 0. The van der Waals surface area contributed by atoms with Crippen LogP contribution in [0.25, 0.3) is 0 Å². The zero-order valence-electron chi connectivity index (χ0n) is 21.0. The van der Waals surface area contributed by atoms with Crippen LogP contribution in [0, 0.1) is 5.92 Å². The first-order chi connectivity index (χ1) is 17.9. The van der Waals surface area contributed by atoms with Gasteiger partial charge in [0.2, 0.25) is 20.0 Å². The monoisotopic (exact) mass is 601 g/mol. The molecule has 4 unspecified atom stereocenters. The van der Waals surface area contributed by atoms with Crippen molar-refractivity contribution in [1.29, 1.82) is 0 Å². The lowest BCUT2D eigenvalue weighted by molar-refractivity contribution is -0.138. The highest BCUT2D eigenvalue weighted by Gasteiger charge is 2.34. The molecule has 0 saturated carbocycles. The number of alkyl halides is 6. The van der Waals surface area contributed by atoms with E-state index in [0.717, 1.165) is 36.4 Å². The summed E-state index contributed by atoms with van der Waals surface area (Å²) in [5.74, 6) is 0.00137. The largest absolute Gasteiger partial charge is 0.416 e. The standard InChI is InChI=1S/C24H29F6N3O4S2/c1-15(32-38(34,35)21-7-3-5-18(12-21)23(25,26)27)9-17-11-20(31-14-17)10-16(2)33-39(36,37)22-8-4-6-19(13-22)24(28,29)30/h3-8,12-13,15-17,20,31-33H,9-11,14H2,1-2H3. The predicted molar refractivity (Wildman–Crippen MR) is 132 cm³/mol. The summed E-state index contributed by atoms with van der Waals surface area (Å²) in [4.78, 5) is -0.989. The van der Waals surface area contributed by atoms with Gasteiger partial charge in [0, 0.05) is 18.1 Å². The molecule has 0 bridgehead atoms. The Hall–Kier alpha value is -2.20. The molecule has 1 saturated heterocycles. The molecular formula is C24H29F6N3O4S2. The molecule has 0 aromatic heterocycles. The van der Waals surface area contributed by atoms with Gasteiger partial charge in [0.25, 0.3) is 0 Å². The highest BCUT2D eigenvalue weighted by atomic mass is 32.2. The van der Waals surface area contributed by atoms with Gasteiger partial charge >= 0.3 is 12.4 Å². The van der Waals surface area contributed by atoms with Crippen molar-refractivity contribution in [2.24, 2.45) is 5.92 Å². The first kappa shape index (κ1) is 31.3. The number of halogens is 6. The van der Waals surface area contributed by atoms with Gasteiger partial charge in [0.1, 0.15) is 0 Å². The van der Waals surface area contributed by atoms with Crippen LogP contribution in [-0.2, 0) is 32.4 Å². The molecule has 0 spiro atoms. The van der Waals surface area contributed by atoms with E-state index in [-0.39, 0.29) is 12.0 Å². The molecule has 1 heterocycles. The number of rotatable bonds is 10. The zero-order valence-corrected chi connectivity index (χ0v) is 22.6. The second kappa shape index (κ2) is 11.7. The molecule has 15 heteroatoms. The molecule has 1 fully saturated rings. The van der Waals surface area contributed by atoms with E-state index in [4.69, 9.17) is 0 Å². The summed E-state index contributed by atoms with van der Waals surface area (Å²) in [6.45, 7) is 3.70. The molecule has 4 atom stereocenters. The Morgan fingerprint density at radius 1 is 0.795 bits per heavy atom. The van der Waals surface area contributed by atoms with E-state index in [9.17, 15) is 43.2 Å². The summed E-state index contributed by atoms with van der Waals surface area (Å²) in [5, 5.41) is 3.23. The third-order valence-corrected chi connectivity index (χ3v) is 9.47. The molecule has 3 N–H and O–H groups in total. The topological polar surface area (TPSA) is 104 Å². The molecule has 0 aliphatic carbocycles. The first-order valence-corrected chi connectivity index (χ1v) is 15.0. The Morgan fingerprint density at radius 3 is 1.67 bits per heavy atom.